The van der Waals surface area contributed by atoms with Gasteiger partial charge in [-0.1, -0.05) is 0 Å². The summed E-state index contributed by atoms with van der Waals surface area (Å²) in [4.78, 5) is 11.2. The minimum absolute atomic E-state index is 0.00648. The number of hydrogen-bond acceptors (Lipinski definition) is 3. The Labute approximate surface area is 105 Å². The van der Waals surface area contributed by atoms with Crippen molar-refractivity contribution < 1.29 is 22.7 Å². The number of esters is 1. The van der Waals surface area contributed by atoms with Crippen molar-refractivity contribution in [2.24, 2.45) is 17.6 Å². The second-order valence-corrected chi connectivity index (χ2v) is 4.83. The number of nitrogens with two attached hydrogens (primary N) is 1. The molecule has 1 unspecified atom stereocenters. The summed E-state index contributed by atoms with van der Waals surface area (Å²) in [6.07, 6.45) is -2.91. The molecule has 2 N–H and O–H groups in total. The number of rotatable bonds is 4. The van der Waals surface area contributed by atoms with Crippen LogP contribution in [0.25, 0.3) is 0 Å². The Kier molecular flexibility index (Phi) is 5.44. The van der Waals surface area contributed by atoms with Gasteiger partial charge in [0.1, 0.15) is 0 Å². The molecule has 0 radical (unpaired) electrons. The van der Waals surface area contributed by atoms with E-state index in [2.05, 4.69) is 0 Å². The summed E-state index contributed by atoms with van der Waals surface area (Å²) >= 11 is 0. The van der Waals surface area contributed by atoms with Gasteiger partial charge in [-0.05, 0) is 38.5 Å². The first-order valence-corrected chi connectivity index (χ1v) is 6.32. The average Bonchev–Trinajstić information content (AvgIpc) is 2.28. The largest absolute Gasteiger partial charge is 0.466 e. The van der Waals surface area contributed by atoms with Gasteiger partial charge in [-0.3, -0.25) is 4.79 Å². The van der Waals surface area contributed by atoms with Gasteiger partial charge in [-0.25, -0.2) is 0 Å². The van der Waals surface area contributed by atoms with Crippen LogP contribution in [0.4, 0.5) is 13.2 Å². The standard InChI is InChI=1S/C12H20F3NO2/c1-2-18-11(17)7-10(16)8-3-5-9(6-4-8)12(13,14)15/h8-10H,2-7,16H2,1H3. The van der Waals surface area contributed by atoms with Gasteiger partial charge in [-0.2, -0.15) is 13.2 Å². The van der Waals surface area contributed by atoms with Crippen LogP contribution in [0.5, 0.6) is 0 Å². The highest BCUT2D eigenvalue weighted by Crippen LogP contribution is 2.40. The van der Waals surface area contributed by atoms with E-state index >= 15 is 0 Å². The smallest absolute Gasteiger partial charge is 0.391 e. The molecule has 106 valence electrons. The zero-order chi connectivity index (χ0) is 13.8. The molecule has 3 nitrogen and oxygen atoms in total. The lowest BCUT2D eigenvalue weighted by Crippen LogP contribution is -2.37. The number of alkyl halides is 3. The Morgan fingerprint density at radius 1 is 1.33 bits per heavy atom. The fraction of sp³-hybridized carbons (Fsp3) is 0.917. The molecule has 1 rings (SSSR count). The maximum absolute atomic E-state index is 12.5. The molecule has 1 aliphatic rings. The summed E-state index contributed by atoms with van der Waals surface area (Å²) in [5.41, 5.74) is 5.85. The lowest BCUT2D eigenvalue weighted by atomic mass is 9.78. The molecule has 0 aliphatic heterocycles. The van der Waals surface area contributed by atoms with Crippen LogP contribution in [0, 0.1) is 11.8 Å². The number of carbonyl (C=O) groups excluding carboxylic acids is 1. The second-order valence-electron chi connectivity index (χ2n) is 4.83. The van der Waals surface area contributed by atoms with Crippen LogP contribution in [0.15, 0.2) is 0 Å². The summed E-state index contributed by atoms with van der Waals surface area (Å²) in [6.45, 7) is 2.00. The Morgan fingerprint density at radius 3 is 2.33 bits per heavy atom. The average molecular weight is 267 g/mol. The molecule has 6 heteroatoms. The highest BCUT2D eigenvalue weighted by molar-refractivity contribution is 5.70. The highest BCUT2D eigenvalue weighted by atomic mass is 19.4. The van der Waals surface area contributed by atoms with E-state index in [-0.39, 0.29) is 31.1 Å². The maximum Gasteiger partial charge on any atom is 0.391 e. The van der Waals surface area contributed by atoms with Gasteiger partial charge < -0.3 is 10.5 Å². The molecule has 0 amide bonds. The summed E-state index contributed by atoms with van der Waals surface area (Å²) in [6, 6.07) is -0.391. The molecule has 1 saturated carbocycles. The Hall–Kier alpha value is -0.780. The summed E-state index contributed by atoms with van der Waals surface area (Å²) in [5, 5.41) is 0. The van der Waals surface area contributed by atoms with Crippen molar-refractivity contribution in [3.05, 3.63) is 0 Å². The predicted molar refractivity (Wildman–Crippen MR) is 60.7 cm³/mol. The molecule has 1 atom stereocenters. The summed E-state index contributed by atoms with van der Waals surface area (Å²) < 4.78 is 42.2. The van der Waals surface area contributed by atoms with Crippen molar-refractivity contribution in [1.29, 1.82) is 0 Å². The van der Waals surface area contributed by atoms with Crippen molar-refractivity contribution in [2.75, 3.05) is 6.61 Å². The third kappa shape index (κ3) is 4.48. The Morgan fingerprint density at radius 2 is 1.89 bits per heavy atom. The second kappa shape index (κ2) is 6.41. The molecule has 0 bridgehead atoms. The van der Waals surface area contributed by atoms with Gasteiger partial charge in [0.25, 0.3) is 0 Å². The van der Waals surface area contributed by atoms with E-state index in [0.717, 1.165) is 0 Å². The Bertz CT molecular complexity index is 273. The van der Waals surface area contributed by atoms with Crippen LogP contribution in [0.3, 0.4) is 0 Å². The van der Waals surface area contributed by atoms with Gasteiger partial charge in [0.2, 0.25) is 0 Å². The van der Waals surface area contributed by atoms with E-state index in [4.69, 9.17) is 10.5 Å². The van der Waals surface area contributed by atoms with E-state index in [9.17, 15) is 18.0 Å². The summed E-state index contributed by atoms with van der Waals surface area (Å²) in [5.74, 6) is -1.58. The van der Waals surface area contributed by atoms with Gasteiger partial charge >= 0.3 is 12.1 Å². The molecule has 1 aliphatic carbocycles. The topological polar surface area (TPSA) is 52.3 Å². The first-order valence-electron chi connectivity index (χ1n) is 6.32. The van der Waals surface area contributed by atoms with Crippen LogP contribution in [-0.4, -0.2) is 24.8 Å². The molecule has 0 saturated heterocycles. The van der Waals surface area contributed by atoms with Gasteiger partial charge in [0, 0.05) is 6.04 Å². The van der Waals surface area contributed by atoms with E-state index < -0.39 is 18.1 Å². The molecule has 0 spiro atoms. The van der Waals surface area contributed by atoms with Crippen molar-refractivity contribution >= 4 is 5.97 Å². The molecule has 0 aromatic rings. The zero-order valence-corrected chi connectivity index (χ0v) is 10.5. The SMILES string of the molecule is CCOC(=O)CC(N)C1CCC(C(F)(F)F)CC1. The highest BCUT2D eigenvalue weighted by Gasteiger charge is 2.42. The third-order valence-corrected chi connectivity index (χ3v) is 3.55. The molecular weight excluding hydrogens is 247 g/mol. The molecule has 0 aromatic carbocycles. The minimum atomic E-state index is -4.10. The van der Waals surface area contributed by atoms with E-state index in [1.807, 2.05) is 0 Å². The van der Waals surface area contributed by atoms with E-state index in [1.165, 1.54) is 0 Å². The van der Waals surface area contributed by atoms with Crippen molar-refractivity contribution in [3.63, 3.8) is 0 Å². The quantitative estimate of drug-likeness (QED) is 0.797. The lowest BCUT2D eigenvalue weighted by molar-refractivity contribution is -0.184. The van der Waals surface area contributed by atoms with E-state index in [1.54, 1.807) is 6.92 Å². The predicted octanol–water partition coefficient (Wildman–Crippen LogP) is 2.64. The van der Waals surface area contributed by atoms with Crippen molar-refractivity contribution in [1.82, 2.24) is 0 Å². The number of halogens is 3. The fourth-order valence-corrected chi connectivity index (χ4v) is 2.45. The van der Waals surface area contributed by atoms with Gasteiger partial charge in [0.15, 0.2) is 0 Å². The van der Waals surface area contributed by atoms with Crippen LogP contribution in [0.2, 0.25) is 0 Å². The fourth-order valence-electron chi connectivity index (χ4n) is 2.45. The molecule has 0 heterocycles. The third-order valence-electron chi connectivity index (χ3n) is 3.55. The molecule has 1 fully saturated rings. The normalized spacial score (nSPS) is 26.7. The van der Waals surface area contributed by atoms with Crippen LogP contribution >= 0.6 is 0 Å². The van der Waals surface area contributed by atoms with Gasteiger partial charge in [0.05, 0.1) is 18.9 Å². The minimum Gasteiger partial charge on any atom is -0.466 e. The summed E-state index contributed by atoms with van der Waals surface area (Å²) in [7, 11) is 0. The molecule has 18 heavy (non-hydrogen) atoms. The monoisotopic (exact) mass is 267 g/mol. The first-order chi connectivity index (χ1) is 8.34. The van der Waals surface area contributed by atoms with Crippen LogP contribution in [0.1, 0.15) is 39.0 Å². The zero-order valence-electron chi connectivity index (χ0n) is 10.5. The number of hydrogen-bond donors (Lipinski definition) is 1. The van der Waals surface area contributed by atoms with Crippen molar-refractivity contribution in [3.8, 4) is 0 Å². The molecular formula is C12H20F3NO2. The number of carbonyl (C=O) groups is 1. The van der Waals surface area contributed by atoms with Crippen LogP contribution in [-0.2, 0) is 9.53 Å². The Balaban J connectivity index is 2.36. The molecule has 0 aromatic heterocycles. The van der Waals surface area contributed by atoms with E-state index in [0.29, 0.717) is 19.4 Å². The van der Waals surface area contributed by atoms with Crippen LogP contribution < -0.4 is 5.73 Å². The number of ether oxygens (including phenoxy) is 1. The van der Waals surface area contributed by atoms with Gasteiger partial charge in [-0.15, -0.1) is 0 Å². The first kappa shape index (κ1) is 15.3. The lowest BCUT2D eigenvalue weighted by Gasteiger charge is -2.32. The van der Waals surface area contributed by atoms with Crippen molar-refractivity contribution in [2.45, 2.75) is 51.2 Å². The maximum atomic E-state index is 12.5.